The number of anilines is 1. The lowest BCUT2D eigenvalue weighted by atomic mass is 9.98. The molecule has 2 N–H and O–H groups in total. The lowest BCUT2D eigenvalue weighted by Gasteiger charge is -2.16. The van der Waals surface area contributed by atoms with Gasteiger partial charge in [0.1, 0.15) is 4.90 Å². The molecule has 10 heteroatoms. The molecule has 0 saturated carbocycles. The number of fused-ring (bicyclic) bond motifs is 3. The van der Waals surface area contributed by atoms with Crippen molar-refractivity contribution in [2.75, 3.05) is 25.6 Å². The van der Waals surface area contributed by atoms with Gasteiger partial charge in [-0.25, -0.2) is 0 Å². The van der Waals surface area contributed by atoms with E-state index >= 15 is 0 Å². The van der Waals surface area contributed by atoms with Gasteiger partial charge in [0, 0.05) is 55.0 Å². The Kier molecular flexibility index (Phi) is 5.68. The molecule has 0 aromatic heterocycles. The average molecular weight is 456 g/mol. The van der Waals surface area contributed by atoms with Crippen molar-refractivity contribution < 1.29 is 32.1 Å². The lowest BCUT2D eigenvalue weighted by Crippen LogP contribution is -2.33. The molecule has 0 radical (unpaired) electrons. The molecule has 1 unspecified atom stereocenters. The predicted molar refractivity (Wildman–Crippen MR) is 115 cm³/mol. The van der Waals surface area contributed by atoms with Crippen molar-refractivity contribution in [2.24, 2.45) is 0 Å². The number of benzene rings is 2. The van der Waals surface area contributed by atoms with Crippen LogP contribution >= 0.6 is 0 Å². The van der Waals surface area contributed by atoms with Crippen LogP contribution in [0.4, 0.5) is 5.69 Å². The van der Waals surface area contributed by atoms with E-state index in [0.717, 1.165) is 22.6 Å². The van der Waals surface area contributed by atoms with Crippen LogP contribution in [0, 0.1) is 0 Å². The number of carbonyl (C=O) groups is 3. The molecule has 0 spiro atoms. The molecule has 0 fully saturated rings. The van der Waals surface area contributed by atoms with Crippen LogP contribution < -0.4 is 5.32 Å². The maximum absolute atomic E-state index is 12.6. The van der Waals surface area contributed by atoms with Crippen LogP contribution in [0.2, 0.25) is 0 Å². The van der Waals surface area contributed by atoms with Crippen molar-refractivity contribution in [3.8, 4) is 11.1 Å². The molecule has 2 aliphatic rings. The lowest BCUT2D eigenvalue weighted by molar-refractivity contribution is -0.137. The van der Waals surface area contributed by atoms with E-state index in [0.29, 0.717) is 22.4 Å². The predicted octanol–water partition coefficient (Wildman–Crippen LogP) is 1.95. The number of ether oxygens (including phenoxy) is 1. The first kappa shape index (κ1) is 21.9. The van der Waals surface area contributed by atoms with Gasteiger partial charge in [-0.15, -0.1) is 0 Å². The third-order valence-electron chi connectivity index (χ3n) is 5.50. The molecule has 32 heavy (non-hydrogen) atoms. The summed E-state index contributed by atoms with van der Waals surface area (Å²) in [6.45, 7) is 0.198. The summed E-state index contributed by atoms with van der Waals surface area (Å²) in [7, 11) is -3.00. The molecule has 1 heterocycles. The van der Waals surface area contributed by atoms with Crippen molar-refractivity contribution in [2.45, 2.75) is 17.2 Å². The zero-order valence-electron chi connectivity index (χ0n) is 17.1. The quantitative estimate of drug-likeness (QED) is 0.481. The highest BCUT2D eigenvalue weighted by Gasteiger charge is 2.35. The van der Waals surface area contributed by atoms with Crippen LogP contribution in [0.3, 0.4) is 0 Å². The Balaban J connectivity index is 1.69. The fraction of sp³-hybridized carbons (Fsp3) is 0.227. The Morgan fingerprint density at radius 2 is 1.69 bits per heavy atom. The fourth-order valence-corrected chi connectivity index (χ4v) is 4.88. The van der Waals surface area contributed by atoms with E-state index in [4.69, 9.17) is 4.74 Å². The Hall–Kier alpha value is -3.34. The van der Waals surface area contributed by atoms with Gasteiger partial charge < -0.3 is 10.1 Å². The maximum atomic E-state index is 12.6. The summed E-state index contributed by atoms with van der Waals surface area (Å²) >= 11 is 0. The molecule has 0 bridgehead atoms. The molecular formula is C22H20N2O7S. The molecule has 166 valence electrons. The fourth-order valence-electron chi connectivity index (χ4n) is 4.16. The van der Waals surface area contributed by atoms with E-state index in [9.17, 15) is 27.4 Å². The smallest absolute Gasteiger partial charge is 0.295 e. The van der Waals surface area contributed by atoms with Gasteiger partial charge in [-0.2, -0.15) is 8.42 Å². The van der Waals surface area contributed by atoms with Gasteiger partial charge in [0.15, 0.2) is 0 Å². The minimum atomic E-state index is -4.53. The van der Waals surface area contributed by atoms with E-state index < -0.39 is 27.8 Å². The van der Waals surface area contributed by atoms with Crippen molar-refractivity contribution in [3.05, 3.63) is 59.7 Å². The summed E-state index contributed by atoms with van der Waals surface area (Å²) in [6.07, 6.45) is 2.17. The van der Waals surface area contributed by atoms with Crippen molar-refractivity contribution >= 4 is 33.5 Å². The minimum Gasteiger partial charge on any atom is -0.384 e. The second kappa shape index (κ2) is 8.30. The first-order valence-corrected chi connectivity index (χ1v) is 11.2. The number of methoxy groups -OCH3 is 1. The van der Waals surface area contributed by atoms with Gasteiger partial charge in [0.25, 0.3) is 21.9 Å². The number of nitrogens with zero attached hydrogens (tertiary/aromatic N) is 1. The van der Waals surface area contributed by atoms with Crippen LogP contribution in [-0.4, -0.2) is 55.9 Å². The summed E-state index contributed by atoms with van der Waals surface area (Å²) in [5.41, 5.74) is 2.58. The number of amides is 3. The van der Waals surface area contributed by atoms with Gasteiger partial charge in [-0.05, 0) is 23.3 Å². The summed E-state index contributed by atoms with van der Waals surface area (Å²) in [5.74, 6) is -1.68. The molecule has 3 amide bonds. The first-order valence-electron chi connectivity index (χ1n) is 9.78. The van der Waals surface area contributed by atoms with Gasteiger partial charge in [0.2, 0.25) is 5.91 Å². The molecule has 2 aromatic carbocycles. The Labute approximate surface area is 184 Å². The third-order valence-corrected chi connectivity index (χ3v) is 6.40. The van der Waals surface area contributed by atoms with E-state index in [2.05, 4.69) is 5.32 Å². The van der Waals surface area contributed by atoms with E-state index in [-0.39, 0.29) is 30.4 Å². The normalized spacial score (nSPS) is 16.9. The summed E-state index contributed by atoms with van der Waals surface area (Å²) in [5, 5.41) is 2.75. The molecule has 1 aliphatic carbocycles. The Morgan fingerprint density at radius 1 is 1.06 bits per heavy atom. The molecule has 1 atom stereocenters. The van der Waals surface area contributed by atoms with Gasteiger partial charge in [-0.1, -0.05) is 24.3 Å². The van der Waals surface area contributed by atoms with Crippen LogP contribution in [0.1, 0.15) is 23.5 Å². The van der Waals surface area contributed by atoms with Gasteiger partial charge in [-0.3, -0.25) is 23.8 Å². The molecule has 1 aliphatic heterocycles. The minimum absolute atomic E-state index is 0.0787. The van der Waals surface area contributed by atoms with E-state index in [1.165, 1.54) is 13.2 Å². The highest BCUT2D eigenvalue weighted by atomic mass is 32.2. The maximum Gasteiger partial charge on any atom is 0.295 e. The SMILES string of the molecule is COCC1c2cccc(NC(=O)CCN3C(=O)C=CC3=O)c2-c2c1cccc2S(=O)(=O)O. The molecule has 4 rings (SSSR count). The van der Waals surface area contributed by atoms with Crippen molar-refractivity contribution in [3.63, 3.8) is 0 Å². The third kappa shape index (κ3) is 3.83. The summed E-state index contributed by atoms with van der Waals surface area (Å²) < 4.78 is 39.3. The number of carbonyl (C=O) groups excluding carboxylic acids is 3. The zero-order valence-corrected chi connectivity index (χ0v) is 17.9. The number of hydrogen-bond donors (Lipinski definition) is 2. The highest BCUT2D eigenvalue weighted by molar-refractivity contribution is 7.86. The number of imide groups is 1. The van der Waals surface area contributed by atoms with E-state index in [1.807, 2.05) is 6.07 Å². The van der Waals surface area contributed by atoms with Crippen LogP contribution in [0.25, 0.3) is 11.1 Å². The molecule has 9 nitrogen and oxygen atoms in total. The second-order valence-electron chi connectivity index (χ2n) is 7.43. The highest BCUT2D eigenvalue weighted by Crippen LogP contribution is 2.50. The monoisotopic (exact) mass is 456 g/mol. The topological polar surface area (TPSA) is 130 Å². The Morgan fingerprint density at radius 3 is 2.31 bits per heavy atom. The molecular weight excluding hydrogens is 436 g/mol. The van der Waals surface area contributed by atoms with E-state index in [1.54, 1.807) is 24.3 Å². The van der Waals surface area contributed by atoms with Crippen molar-refractivity contribution in [1.29, 1.82) is 0 Å². The molecule has 2 aromatic rings. The number of nitrogens with one attached hydrogen (secondary N) is 1. The second-order valence-corrected chi connectivity index (χ2v) is 8.82. The van der Waals surface area contributed by atoms with Crippen LogP contribution in [0.5, 0.6) is 0 Å². The average Bonchev–Trinajstić information content (AvgIpc) is 3.23. The molecule has 0 saturated heterocycles. The van der Waals surface area contributed by atoms with Gasteiger partial charge >= 0.3 is 0 Å². The van der Waals surface area contributed by atoms with Crippen LogP contribution in [-0.2, 0) is 29.2 Å². The van der Waals surface area contributed by atoms with Gasteiger partial charge in [0.05, 0.1) is 6.61 Å². The van der Waals surface area contributed by atoms with Crippen molar-refractivity contribution in [1.82, 2.24) is 4.90 Å². The summed E-state index contributed by atoms with van der Waals surface area (Å²) in [6, 6.07) is 9.79. The largest absolute Gasteiger partial charge is 0.384 e. The number of hydrogen-bond acceptors (Lipinski definition) is 6. The Bertz CT molecular complexity index is 1250. The first-order chi connectivity index (χ1) is 15.2. The zero-order chi connectivity index (χ0) is 23.0. The standard InChI is InChI=1S/C22H20N2O7S/c1-31-12-15-13-4-2-6-16(23-18(25)10-11-24-19(26)8-9-20(24)27)21(13)22-14(15)5-3-7-17(22)32(28,29)30/h2-9,15H,10-12H2,1H3,(H,23,25)(H,28,29,30). The van der Waals surface area contributed by atoms with Crippen LogP contribution in [0.15, 0.2) is 53.4 Å². The summed E-state index contributed by atoms with van der Waals surface area (Å²) in [4.78, 5) is 36.7. The number of rotatable bonds is 7.